The summed E-state index contributed by atoms with van der Waals surface area (Å²) in [6.07, 6.45) is 3.76. The van der Waals surface area contributed by atoms with Crippen LogP contribution in [0.1, 0.15) is 25.5 Å². The van der Waals surface area contributed by atoms with Crippen molar-refractivity contribution in [3.63, 3.8) is 0 Å². The quantitative estimate of drug-likeness (QED) is 0.879. The van der Waals surface area contributed by atoms with Gasteiger partial charge in [0.25, 0.3) is 0 Å². The maximum atomic E-state index is 12.4. The number of hydrogen-bond acceptors (Lipinski definition) is 3. The molecule has 1 aromatic heterocycles. The Morgan fingerprint density at radius 1 is 1.50 bits per heavy atom. The molecule has 0 aliphatic carbocycles. The molecule has 1 aromatic rings. The van der Waals surface area contributed by atoms with Gasteiger partial charge in [0.1, 0.15) is 0 Å². The molecule has 0 spiro atoms. The van der Waals surface area contributed by atoms with Crippen molar-refractivity contribution in [1.29, 1.82) is 0 Å². The molecule has 4 heteroatoms. The topological polar surface area (TPSA) is 45.2 Å². The fourth-order valence-electron chi connectivity index (χ4n) is 2.41. The van der Waals surface area contributed by atoms with Gasteiger partial charge < -0.3 is 10.2 Å². The zero-order chi connectivity index (χ0) is 13.0. The zero-order valence-corrected chi connectivity index (χ0v) is 11.1. The number of likely N-dealkylation sites (N-methyl/N-ethyl adjacent to an activating group) is 1. The molecule has 0 bridgehead atoms. The van der Waals surface area contributed by atoms with E-state index >= 15 is 0 Å². The van der Waals surface area contributed by atoms with Gasteiger partial charge in [-0.2, -0.15) is 0 Å². The summed E-state index contributed by atoms with van der Waals surface area (Å²) in [5, 5.41) is 3.13. The highest BCUT2D eigenvalue weighted by atomic mass is 16.2. The van der Waals surface area contributed by atoms with Crippen LogP contribution in [-0.2, 0) is 11.3 Å². The number of rotatable bonds is 3. The smallest absolute Gasteiger partial charge is 0.240 e. The number of aromatic nitrogens is 1. The Morgan fingerprint density at radius 2 is 2.33 bits per heavy atom. The van der Waals surface area contributed by atoms with Gasteiger partial charge in [0.05, 0.1) is 18.3 Å². The number of likely N-dealkylation sites (tertiary alicyclic amines) is 1. The molecule has 1 saturated heterocycles. The van der Waals surface area contributed by atoms with Gasteiger partial charge in [-0.15, -0.1) is 0 Å². The fourth-order valence-corrected chi connectivity index (χ4v) is 2.41. The second-order valence-electron chi connectivity index (χ2n) is 5.05. The van der Waals surface area contributed by atoms with Crippen LogP contribution < -0.4 is 5.32 Å². The van der Waals surface area contributed by atoms with Crippen LogP contribution in [0, 0.1) is 5.92 Å². The van der Waals surface area contributed by atoms with Crippen molar-refractivity contribution < 1.29 is 4.79 Å². The van der Waals surface area contributed by atoms with Crippen molar-refractivity contribution in [2.75, 3.05) is 13.6 Å². The Hall–Kier alpha value is -1.42. The summed E-state index contributed by atoms with van der Waals surface area (Å²) in [4.78, 5) is 18.6. The predicted octanol–water partition coefficient (Wildman–Crippen LogP) is 1.43. The highest BCUT2D eigenvalue weighted by Gasteiger charge is 2.28. The second-order valence-corrected chi connectivity index (χ2v) is 5.05. The van der Waals surface area contributed by atoms with Crippen LogP contribution in [0.3, 0.4) is 0 Å². The molecule has 2 heterocycles. The Kier molecular flexibility index (Phi) is 4.31. The average molecular weight is 247 g/mol. The van der Waals surface area contributed by atoms with Crippen molar-refractivity contribution in [1.82, 2.24) is 15.2 Å². The average Bonchev–Trinajstić information content (AvgIpc) is 2.53. The molecule has 0 aromatic carbocycles. The molecule has 2 unspecified atom stereocenters. The summed E-state index contributed by atoms with van der Waals surface area (Å²) in [7, 11) is 1.86. The molecule has 1 fully saturated rings. The van der Waals surface area contributed by atoms with Gasteiger partial charge in [0.15, 0.2) is 0 Å². The minimum atomic E-state index is -0.0498. The molecule has 1 aliphatic heterocycles. The van der Waals surface area contributed by atoms with Gasteiger partial charge >= 0.3 is 0 Å². The van der Waals surface area contributed by atoms with Crippen LogP contribution in [0.5, 0.6) is 0 Å². The lowest BCUT2D eigenvalue weighted by Crippen LogP contribution is -2.43. The highest BCUT2D eigenvalue weighted by Crippen LogP contribution is 2.19. The summed E-state index contributed by atoms with van der Waals surface area (Å²) in [6, 6.07) is 5.77. The number of amides is 1. The van der Waals surface area contributed by atoms with Crippen LogP contribution in [0.4, 0.5) is 0 Å². The molecular formula is C14H21N3O. The molecular weight excluding hydrogens is 226 g/mol. The molecule has 1 amide bonds. The van der Waals surface area contributed by atoms with Crippen molar-refractivity contribution in [3.8, 4) is 0 Å². The maximum Gasteiger partial charge on any atom is 0.240 e. The van der Waals surface area contributed by atoms with Crippen molar-refractivity contribution in [2.24, 2.45) is 5.92 Å². The molecule has 1 aliphatic rings. The summed E-state index contributed by atoms with van der Waals surface area (Å²) in [5.74, 6) is 0.785. The highest BCUT2D eigenvalue weighted by molar-refractivity contribution is 5.82. The van der Waals surface area contributed by atoms with Gasteiger partial charge in [-0.05, 0) is 37.9 Å². The number of nitrogens with one attached hydrogen (secondary N) is 1. The maximum absolute atomic E-state index is 12.4. The van der Waals surface area contributed by atoms with Gasteiger partial charge in [-0.25, -0.2) is 0 Å². The Balaban J connectivity index is 2.09. The van der Waals surface area contributed by atoms with E-state index in [0.717, 1.165) is 25.1 Å². The summed E-state index contributed by atoms with van der Waals surface area (Å²) in [5.41, 5.74) is 0.954. The fraction of sp³-hybridized carbons (Fsp3) is 0.571. The summed E-state index contributed by atoms with van der Waals surface area (Å²) >= 11 is 0. The summed E-state index contributed by atoms with van der Waals surface area (Å²) < 4.78 is 0. The van der Waals surface area contributed by atoms with Gasteiger partial charge in [0, 0.05) is 12.7 Å². The van der Waals surface area contributed by atoms with Crippen LogP contribution in [0.15, 0.2) is 24.4 Å². The van der Waals surface area contributed by atoms with E-state index in [2.05, 4.69) is 17.2 Å². The van der Waals surface area contributed by atoms with E-state index in [-0.39, 0.29) is 11.9 Å². The SMILES string of the molecule is CNC1CC(C)CCN(Cc2ccccn2)C1=O. The van der Waals surface area contributed by atoms with E-state index in [9.17, 15) is 4.79 Å². The lowest BCUT2D eigenvalue weighted by Gasteiger charge is -2.23. The third-order valence-electron chi connectivity index (χ3n) is 3.57. The second kappa shape index (κ2) is 5.96. The number of hydrogen-bond donors (Lipinski definition) is 1. The summed E-state index contributed by atoms with van der Waals surface area (Å²) in [6.45, 7) is 3.65. The normalized spacial score (nSPS) is 25.0. The monoisotopic (exact) mass is 247 g/mol. The number of pyridine rings is 1. The van der Waals surface area contributed by atoms with Crippen LogP contribution in [0.25, 0.3) is 0 Å². The van der Waals surface area contributed by atoms with E-state index in [4.69, 9.17) is 0 Å². The van der Waals surface area contributed by atoms with Crippen LogP contribution in [0.2, 0.25) is 0 Å². The third-order valence-corrected chi connectivity index (χ3v) is 3.57. The minimum absolute atomic E-state index is 0.0498. The van der Waals surface area contributed by atoms with Gasteiger partial charge in [-0.3, -0.25) is 9.78 Å². The predicted molar refractivity (Wildman–Crippen MR) is 70.9 cm³/mol. The molecule has 18 heavy (non-hydrogen) atoms. The standard InChI is InChI=1S/C14H21N3O/c1-11-6-8-17(14(18)13(9-11)15-2)10-12-5-3-4-7-16-12/h3-5,7,11,13,15H,6,8-10H2,1-2H3. The number of carbonyl (C=O) groups excluding carboxylic acids is 1. The molecule has 2 rings (SSSR count). The Morgan fingerprint density at radius 3 is 3.00 bits per heavy atom. The number of nitrogens with zero attached hydrogens (tertiary/aromatic N) is 2. The third kappa shape index (κ3) is 3.07. The van der Waals surface area contributed by atoms with Crippen LogP contribution >= 0.6 is 0 Å². The van der Waals surface area contributed by atoms with Crippen molar-refractivity contribution >= 4 is 5.91 Å². The lowest BCUT2D eigenvalue weighted by molar-refractivity contribution is -0.133. The van der Waals surface area contributed by atoms with Gasteiger partial charge in [0.2, 0.25) is 5.91 Å². The first kappa shape index (κ1) is 13.0. The van der Waals surface area contributed by atoms with E-state index in [1.54, 1.807) is 6.20 Å². The first-order valence-corrected chi connectivity index (χ1v) is 6.56. The minimum Gasteiger partial charge on any atom is -0.335 e. The Bertz CT molecular complexity index is 393. The molecule has 4 nitrogen and oxygen atoms in total. The Labute approximate surface area is 108 Å². The van der Waals surface area contributed by atoms with E-state index in [0.29, 0.717) is 12.5 Å². The largest absolute Gasteiger partial charge is 0.335 e. The van der Waals surface area contributed by atoms with Crippen molar-refractivity contribution in [3.05, 3.63) is 30.1 Å². The van der Waals surface area contributed by atoms with E-state index < -0.39 is 0 Å². The molecule has 1 N–H and O–H groups in total. The molecule has 98 valence electrons. The van der Waals surface area contributed by atoms with E-state index in [1.807, 2.05) is 30.1 Å². The first-order chi connectivity index (χ1) is 8.70. The van der Waals surface area contributed by atoms with E-state index in [1.165, 1.54) is 0 Å². The molecule has 0 saturated carbocycles. The zero-order valence-electron chi connectivity index (χ0n) is 11.1. The number of carbonyl (C=O) groups is 1. The van der Waals surface area contributed by atoms with Crippen LogP contribution in [-0.4, -0.2) is 35.4 Å². The molecule has 0 radical (unpaired) electrons. The lowest BCUT2D eigenvalue weighted by atomic mass is 10.0. The van der Waals surface area contributed by atoms with Crippen molar-refractivity contribution in [2.45, 2.75) is 32.4 Å². The molecule has 2 atom stereocenters. The van der Waals surface area contributed by atoms with Gasteiger partial charge in [-0.1, -0.05) is 13.0 Å². The first-order valence-electron chi connectivity index (χ1n) is 6.56.